The Bertz CT molecular complexity index is 1470. The highest BCUT2D eigenvalue weighted by molar-refractivity contribution is 7.89. The highest BCUT2D eigenvalue weighted by Gasteiger charge is 2.33. The van der Waals surface area contributed by atoms with Gasteiger partial charge in [0.25, 0.3) is 5.91 Å². The number of amides is 1. The zero-order valence-corrected chi connectivity index (χ0v) is 21.7. The minimum atomic E-state index is -3.75. The molecule has 1 aromatic heterocycles. The molecule has 0 N–H and O–H groups in total. The second kappa shape index (κ2) is 10.8. The lowest BCUT2D eigenvalue weighted by Crippen LogP contribution is -2.42. The Morgan fingerprint density at radius 1 is 1.19 bits per heavy atom. The van der Waals surface area contributed by atoms with E-state index in [1.54, 1.807) is 36.4 Å². The summed E-state index contributed by atoms with van der Waals surface area (Å²) >= 11 is 1.28. The Morgan fingerprint density at radius 3 is 2.61 bits per heavy atom. The minimum absolute atomic E-state index is 0.0650. The number of nitrogens with zero attached hydrogens (tertiary/aromatic N) is 3. The van der Waals surface area contributed by atoms with Crippen molar-refractivity contribution in [3.8, 4) is 5.75 Å². The lowest BCUT2D eigenvalue weighted by Gasteiger charge is -2.30. The Kier molecular flexibility index (Phi) is 7.72. The average Bonchev–Trinajstić information content (AvgIpc) is 3.24. The fourth-order valence-electron chi connectivity index (χ4n) is 4.15. The molecule has 1 aliphatic rings. The van der Waals surface area contributed by atoms with Gasteiger partial charge in [0.2, 0.25) is 10.0 Å². The van der Waals surface area contributed by atoms with E-state index < -0.39 is 21.9 Å². The molecule has 1 amide bonds. The van der Waals surface area contributed by atoms with Gasteiger partial charge >= 0.3 is 5.97 Å². The number of hydrogen-bond donors (Lipinski definition) is 0. The van der Waals surface area contributed by atoms with Crippen LogP contribution < -0.4 is 9.54 Å². The van der Waals surface area contributed by atoms with E-state index in [2.05, 4.69) is 11.6 Å². The first kappa shape index (κ1) is 25.8. The van der Waals surface area contributed by atoms with Crippen molar-refractivity contribution in [3.05, 3.63) is 65.5 Å². The van der Waals surface area contributed by atoms with Crippen molar-refractivity contribution in [3.63, 3.8) is 0 Å². The number of rotatable bonds is 7. The quantitative estimate of drug-likeness (QED) is 0.344. The van der Waals surface area contributed by atoms with Crippen LogP contribution >= 0.6 is 11.3 Å². The summed E-state index contributed by atoms with van der Waals surface area (Å²) in [6, 6.07) is 11.4. The number of methoxy groups -OCH3 is 2. The molecule has 1 atom stereocenters. The Labute approximate surface area is 213 Å². The standard InChI is InChI=1S/C25H27N3O6S2/c1-4-13-28-21-12-7-17(24(30)34-3)15-22(21)35-25(28)26-23(29)18-6-5-14-27(16-18)36(31,32)20-10-8-19(33-2)9-11-20/h4,7-12,15,18H,1,5-6,13-14,16H2,2-3H3. The molecule has 1 unspecified atom stereocenters. The molecule has 0 radical (unpaired) electrons. The third-order valence-electron chi connectivity index (χ3n) is 6.05. The minimum Gasteiger partial charge on any atom is -0.497 e. The molecule has 0 saturated carbocycles. The number of esters is 1. The molecule has 2 heterocycles. The van der Waals surface area contributed by atoms with Crippen LogP contribution in [0.1, 0.15) is 23.2 Å². The molecule has 1 saturated heterocycles. The maximum Gasteiger partial charge on any atom is 0.337 e. The van der Waals surface area contributed by atoms with Crippen molar-refractivity contribution in [1.29, 1.82) is 0 Å². The van der Waals surface area contributed by atoms with Gasteiger partial charge in [-0.3, -0.25) is 4.79 Å². The van der Waals surface area contributed by atoms with Crippen LogP contribution in [0.3, 0.4) is 0 Å². The van der Waals surface area contributed by atoms with Crippen molar-refractivity contribution in [2.45, 2.75) is 24.3 Å². The molecule has 3 aromatic rings. The van der Waals surface area contributed by atoms with Crippen molar-refractivity contribution >= 4 is 43.5 Å². The smallest absolute Gasteiger partial charge is 0.337 e. The van der Waals surface area contributed by atoms with E-state index >= 15 is 0 Å². The van der Waals surface area contributed by atoms with Crippen molar-refractivity contribution in [2.75, 3.05) is 27.3 Å². The van der Waals surface area contributed by atoms with Crippen LogP contribution in [-0.4, -0.2) is 56.5 Å². The van der Waals surface area contributed by atoms with E-state index in [0.717, 1.165) is 10.2 Å². The fourth-order valence-corrected chi connectivity index (χ4v) is 6.76. The summed E-state index contributed by atoms with van der Waals surface area (Å²) in [5.74, 6) is -0.813. The molecule has 36 heavy (non-hydrogen) atoms. The van der Waals surface area contributed by atoms with Gasteiger partial charge in [-0.1, -0.05) is 17.4 Å². The first-order valence-electron chi connectivity index (χ1n) is 11.3. The number of piperidine rings is 1. The molecule has 190 valence electrons. The predicted octanol–water partition coefficient (Wildman–Crippen LogP) is 3.21. The largest absolute Gasteiger partial charge is 0.497 e. The van der Waals surface area contributed by atoms with Crippen LogP contribution in [0.5, 0.6) is 5.75 Å². The number of fused-ring (bicyclic) bond motifs is 1. The van der Waals surface area contributed by atoms with Crippen LogP contribution in [0, 0.1) is 5.92 Å². The van der Waals surface area contributed by atoms with E-state index in [1.807, 2.05) is 4.57 Å². The number of carbonyl (C=O) groups excluding carboxylic acids is 2. The number of carbonyl (C=O) groups is 2. The Balaban J connectivity index is 1.62. The monoisotopic (exact) mass is 529 g/mol. The summed E-state index contributed by atoms with van der Waals surface area (Å²) < 4.78 is 40.2. The summed E-state index contributed by atoms with van der Waals surface area (Å²) in [6.45, 7) is 4.62. The average molecular weight is 530 g/mol. The van der Waals surface area contributed by atoms with Crippen molar-refractivity contribution < 1.29 is 27.5 Å². The predicted molar refractivity (Wildman–Crippen MR) is 136 cm³/mol. The summed E-state index contributed by atoms with van der Waals surface area (Å²) in [4.78, 5) is 30.1. The van der Waals surface area contributed by atoms with Gasteiger partial charge in [0.05, 0.1) is 40.8 Å². The van der Waals surface area contributed by atoms with E-state index in [4.69, 9.17) is 9.47 Å². The lowest BCUT2D eigenvalue weighted by molar-refractivity contribution is -0.122. The van der Waals surface area contributed by atoms with Crippen molar-refractivity contribution in [2.24, 2.45) is 10.9 Å². The molecule has 11 heteroatoms. The number of thiazole rings is 1. The molecule has 1 aliphatic heterocycles. The molecular weight excluding hydrogens is 502 g/mol. The first-order valence-corrected chi connectivity index (χ1v) is 13.6. The molecule has 0 spiro atoms. The zero-order chi connectivity index (χ0) is 25.9. The topological polar surface area (TPSA) is 107 Å². The van der Waals surface area contributed by atoms with Gasteiger partial charge in [-0.2, -0.15) is 9.30 Å². The van der Waals surface area contributed by atoms with Crippen LogP contribution in [0.25, 0.3) is 10.2 Å². The van der Waals surface area contributed by atoms with Gasteiger partial charge in [-0.05, 0) is 55.3 Å². The van der Waals surface area contributed by atoms with Crippen LogP contribution in [0.15, 0.2) is 65.0 Å². The highest BCUT2D eigenvalue weighted by Crippen LogP contribution is 2.26. The SMILES string of the molecule is C=CCn1c(=NC(=O)C2CCCN(S(=O)(=O)c3ccc(OC)cc3)C2)sc2cc(C(=O)OC)ccc21. The van der Waals surface area contributed by atoms with Gasteiger partial charge < -0.3 is 14.0 Å². The number of sulfonamides is 1. The van der Waals surface area contributed by atoms with Gasteiger partial charge in [-0.15, -0.1) is 6.58 Å². The van der Waals surface area contributed by atoms with Crippen molar-refractivity contribution in [1.82, 2.24) is 8.87 Å². The third-order valence-corrected chi connectivity index (χ3v) is 8.97. The molecule has 4 rings (SSSR count). The number of ether oxygens (including phenoxy) is 2. The number of allylic oxidation sites excluding steroid dienone is 1. The van der Waals surface area contributed by atoms with E-state index in [1.165, 1.54) is 42.0 Å². The lowest BCUT2D eigenvalue weighted by atomic mass is 9.99. The molecule has 2 aromatic carbocycles. The second-order valence-electron chi connectivity index (χ2n) is 8.29. The molecule has 1 fully saturated rings. The number of hydrogen-bond acceptors (Lipinski definition) is 7. The van der Waals surface area contributed by atoms with E-state index in [-0.39, 0.29) is 17.3 Å². The van der Waals surface area contributed by atoms with Gasteiger partial charge in [0, 0.05) is 19.6 Å². The Morgan fingerprint density at radius 2 is 1.94 bits per heavy atom. The molecule has 9 nitrogen and oxygen atoms in total. The third kappa shape index (κ3) is 5.13. The fraction of sp³-hybridized carbons (Fsp3) is 0.320. The second-order valence-corrected chi connectivity index (χ2v) is 11.2. The van der Waals surface area contributed by atoms with Gasteiger partial charge in [0.15, 0.2) is 4.80 Å². The van der Waals surface area contributed by atoms with E-state index in [9.17, 15) is 18.0 Å². The molecule has 0 aliphatic carbocycles. The molecular formula is C25H27N3O6S2. The Hall–Kier alpha value is -3.28. The maximum atomic E-state index is 13.2. The normalized spacial score (nSPS) is 17.2. The van der Waals surface area contributed by atoms with Gasteiger partial charge in [-0.25, -0.2) is 13.2 Å². The summed E-state index contributed by atoms with van der Waals surface area (Å²) in [5, 5.41) is 0. The molecule has 0 bridgehead atoms. The highest BCUT2D eigenvalue weighted by atomic mass is 32.2. The summed E-state index contributed by atoms with van der Waals surface area (Å²) in [6.07, 6.45) is 2.81. The zero-order valence-electron chi connectivity index (χ0n) is 20.0. The van der Waals surface area contributed by atoms with Crippen LogP contribution in [-0.2, 0) is 26.1 Å². The number of aromatic nitrogens is 1. The summed E-state index contributed by atoms with van der Waals surface area (Å²) in [5.41, 5.74) is 1.22. The van der Waals surface area contributed by atoms with Crippen LogP contribution in [0.4, 0.5) is 0 Å². The van der Waals surface area contributed by atoms with E-state index in [0.29, 0.717) is 42.0 Å². The number of benzene rings is 2. The maximum absolute atomic E-state index is 13.2. The van der Waals surface area contributed by atoms with Crippen LogP contribution in [0.2, 0.25) is 0 Å². The first-order chi connectivity index (χ1) is 17.3. The summed E-state index contributed by atoms with van der Waals surface area (Å²) in [7, 11) is -0.920. The van der Waals surface area contributed by atoms with Gasteiger partial charge in [0.1, 0.15) is 5.75 Å².